The molecule has 3 rings (SSSR count). The highest BCUT2D eigenvalue weighted by molar-refractivity contribution is 6.04. The van der Waals surface area contributed by atoms with E-state index in [0.717, 1.165) is 18.5 Å². The lowest BCUT2D eigenvalue weighted by molar-refractivity contribution is -0.384. The Morgan fingerprint density at radius 2 is 1.66 bits per heavy atom. The normalized spacial score (nSPS) is 11.4. The number of nitrogens with zero attached hydrogens (tertiary/aromatic N) is 5. The van der Waals surface area contributed by atoms with Gasteiger partial charge in [0.15, 0.2) is 0 Å². The van der Waals surface area contributed by atoms with Gasteiger partial charge in [-0.05, 0) is 50.8 Å². The van der Waals surface area contributed by atoms with Crippen LogP contribution in [0.1, 0.15) is 38.7 Å². The molecule has 0 aliphatic heterocycles. The molecule has 3 heterocycles. The van der Waals surface area contributed by atoms with Crippen LogP contribution in [-0.4, -0.2) is 62.5 Å². The van der Waals surface area contributed by atoms with Gasteiger partial charge in [0.1, 0.15) is 11.4 Å². The Morgan fingerprint density at radius 3 is 2.31 bits per heavy atom. The number of nitrogens with one attached hydrogen (secondary N) is 2. The van der Waals surface area contributed by atoms with Crippen LogP contribution < -0.4 is 10.6 Å². The average molecular weight is 482 g/mol. The van der Waals surface area contributed by atoms with Crippen LogP contribution in [0.15, 0.2) is 36.8 Å². The molecule has 0 saturated carbocycles. The van der Waals surface area contributed by atoms with E-state index in [9.17, 15) is 19.7 Å². The molecule has 3 aromatic heterocycles. The molecule has 11 nitrogen and oxygen atoms in total. The van der Waals surface area contributed by atoms with Crippen molar-refractivity contribution in [2.75, 3.05) is 32.5 Å². The van der Waals surface area contributed by atoms with Gasteiger partial charge in [0.2, 0.25) is 0 Å². The van der Waals surface area contributed by atoms with E-state index < -0.39 is 4.92 Å². The second-order valence-electron chi connectivity index (χ2n) is 8.69. The molecule has 0 spiro atoms. The number of hydrogen-bond donors (Lipinski definition) is 2. The van der Waals surface area contributed by atoms with Crippen molar-refractivity contribution < 1.29 is 14.5 Å². The maximum absolute atomic E-state index is 12.9. The second kappa shape index (κ2) is 10.9. The minimum atomic E-state index is -0.438. The first-order chi connectivity index (χ1) is 16.5. The smallest absolute Gasteiger partial charge is 0.287 e. The second-order valence-corrected chi connectivity index (χ2v) is 8.69. The Hall–Kier alpha value is -4.12. The Labute approximate surface area is 203 Å². The Bertz CT molecular complexity index is 1260. The van der Waals surface area contributed by atoms with Crippen molar-refractivity contribution >= 4 is 35.3 Å². The Kier molecular flexibility index (Phi) is 7.92. The van der Waals surface area contributed by atoms with E-state index >= 15 is 0 Å². The molecular weight excluding hydrogens is 450 g/mol. The van der Waals surface area contributed by atoms with E-state index in [1.165, 1.54) is 12.3 Å². The summed E-state index contributed by atoms with van der Waals surface area (Å²) in [5, 5.41) is 16.7. The van der Waals surface area contributed by atoms with Crippen LogP contribution in [0.3, 0.4) is 0 Å². The minimum Gasteiger partial charge on any atom is -0.351 e. The quantitative estimate of drug-likeness (QED) is 0.262. The molecule has 0 radical (unpaired) electrons. The first-order valence-electron chi connectivity index (χ1n) is 11.1. The third kappa shape index (κ3) is 6.48. The molecule has 0 aromatic carbocycles. The number of carbonyl (C=O) groups is 2. The molecule has 0 unspecified atom stereocenters. The maximum Gasteiger partial charge on any atom is 0.287 e. The summed E-state index contributed by atoms with van der Waals surface area (Å²) < 4.78 is 5.04. The van der Waals surface area contributed by atoms with Crippen molar-refractivity contribution in [3.8, 4) is 0 Å². The van der Waals surface area contributed by atoms with Gasteiger partial charge in [-0.1, -0.05) is 6.08 Å². The lowest BCUT2D eigenvalue weighted by atomic mass is 10.2. The van der Waals surface area contributed by atoms with E-state index in [2.05, 4.69) is 15.5 Å². The van der Waals surface area contributed by atoms with Gasteiger partial charge in [-0.2, -0.15) is 0 Å². The summed E-state index contributed by atoms with van der Waals surface area (Å²) in [5.41, 5.74) is 2.86. The lowest BCUT2D eigenvalue weighted by Gasteiger charge is -2.10. The van der Waals surface area contributed by atoms with Crippen LogP contribution in [0.4, 0.5) is 11.4 Å². The van der Waals surface area contributed by atoms with Crippen LogP contribution in [0.2, 0.25) is 0 Å². The van der Waals surface area contributed by atoms with Crippen LogP contribution in [0, 0.1) is 10.1 Å². The first kappa shape index (κ1) is 25.5. The van der Waals surface area contributed by atoms with Gasteiger partial charge in [0.25, 0.3) is 17.5 Å². The fourth-order valence-corrected chi connectivity index (χ4v) is 3.66. The molecule has 0 atom stereocenters. The van der Waals surface area contributed by atoms with Gasteiger partial charge in [-0.3, -0.25) is 19.7 Å². The predicted octanol–water partition coefficient (Wildman–Crippen LogP) is 2.71. The van der Waals surface area contributed by atoms with E-state index in [0.29, 0.717) is 29.3 Å². The van der Waals surface area contributed by atoms with E-state index in [1.54, 1.807) is 71.5 Å². The molecule has 0 fully saturated rings. The summed E-state index contributed by atoms with van der Waals surface area (Å²) in [4.78, 5) is 37.9. The van der Waals surface area contributed by atoms with Gasteiger partial charge in [0.05, 0.1) is 16.8 Å². The highest BCUT2D eigenvalue weighted by Gasteiger charge is 2.16. The highest BCUT2D eigenvalue weighted by Crippen LogP contribution is 2.19. The molecule has 0 aliphatic rings. The van der Waals surface area contributed by atoms with Crippen molar-refractivity contribution in [3.63, 3.8) is 0 Å². The fourth-order valence-electron chi connectivity index (χ4n) is 3.66. The zero-order chi connectivity index (χ0) is 25.7. The monoisotopic (exact) mass is 481 g/mol. The van der Waals surface area contributed by atoms with Crippen LogP contribution >= 0.6 is 0 Å². The van der Waals surface area contributed by atoms with Gasteiger partial charge in [-0.15, -0.1) is 0 Å². The number of aryl methyl sites for hydroxylation is 3. The summed E-state index contributed by atoms with van der Waals surface area (Å²) >= 11 is 0. The molecule has 2 amide bonds. The molecule has 0 aliphatic carbocycles. The molecule has 0 saturated heterocycles. The standard InChI is InChI=1S/C24H31N7O4/c1-27(2)10-6-9-25-23(32)22-12-18(15-30(22)5)26-24(33)21-11-17(14-29(21)4)7-8-19-13-20(31(34)35)16-28(19)3/h7-8,11-16H,6,9-10H2,1-5H3,(H,25,32)(H,26,33)/b8-7+. The number of carbonyl (C=O) groups excluding carboxylic acids is 2. The third-order valence-electron chi connectivity index (χ3n) is 5.51. The van der Waals surface area contributed by atoms with E-state index in [-0.39, 0.29) is 17.5 Å². The molecule has 11 heteroatoms. The number of nitro groups is 1. The van der Waals surface area contributed by atoms with Crippen molar-refractivity contribution in [2.45, 2.75) is 6.42 Å². The molecule has 0 bridgehead atoms. The molecule has 2 N–H and O–H groups in total. The summed E-state index contributed by atoms with van der Waals surface area (Å²) in [5.74, 6) is -0.510. The summed E-state index contributed by atoms with van der Waals surface area (Å²) in [6.07, 6.45) is 9.32. The zero-order valence-electron chi connectivity index (χ0n) is 20.6. The van der Waals surface area contributed by atoms with E-state index in [4.69, 9.17) is 0 Å². The zero-order valence-corrected chi connectivity index (χ0v) is 20.6. The fraction of sp³-hybridized carbons (Fsp3) is 0.333. The Morgan fingerprint density at radius 1 is 0.971 bits per heavy atom. The summed E-state index contributed by atoms with van der Waals surface area (Å²) in [7, 11) is 9.21. The number of aromatic nitrogens is 3. The number of rotatable bonds is 10. The largest absolute Gasteiger partial charge is 0.351 e. The first-order valence-corrected chi connectivity index (χ1v) is 11.1. The number of anilines is 1. The molecule has 186 valence electrons. The van der Waals surface area contributed by atoms with Crippen LogP contribution in [0.25, 0.3) is 12.2 Å². The van der Waals surface area contributed by atoms with Crippen molar-refractivity contribution in [1.82, 2.24) is 23.9 Å². The number of amides is 2. The molecule has 3 aromatic rings. The number of hydrogen-bond acceptors (Lipinski definition) is 5. The van der Waals surface area contributed by atoms with Gasteiger partial charge in [0, 0.05) is 51.8 Å². The SMILES string of the molecule is CN(C)CCCNC(=O)c1cc(NC(=O)c2cc(/C=C/c3cc([N+](=O)[O-])cn3C)cn2C)cn1C. The average Bonchev–Trinajstić information content (AvgIpc) is 3.45. The minimum absolute atomic E-state index is 0.0183. The summed E-state index contributed by atoms with van der Waals surface area (Å²) in [6, 6.07) is 4.86. The Balaban J connectivity index is 1.65. The third-order valence-corrected chi connectivity index (χ3v) is 5.51. The topological polar surface area (TPSA) is 119 Å². The van der Waals surface area contributed by atoms with Gasteiger partial charge < -0.3 is 29.2 Å². The van der Waals surface area contributed by atoms with Crippen molar-refractivity contribution in [1.29, 1.82) is 0 Å². The van der Waals surface area contributed by atoms with E-state index in [1.807, 2.05) is 14.1 Å². The molecule has 35 heavy (non-hydrogen) atoms. The van der Waals surface area contributed by atoms with Crippen molar-refractivity contribution in [3.05, 3.63) is 69.5 Å². The lowest BCUT2D eigenvalue weighted by Crippen LogP contribution is -2.28. The van der Waals surface area contributed by atoms with Gasteiger partial charge >= 0.3 is 0 Å². The summed E-state index contributed by atoms with van der Waals surface area (Å²) in [6.45, 7) is 1.45. The highest BCUT2D eigenvalue weighted by atomic mass is 16.6. The maximum atomic E-state index is 12.9. The van der Waals surface area contributed by atoms with Gasteiger partial charge in [-0.25, -0.2) is 0 Å². The predicted molar refractivity (Wildman–Crippen MR) is 135 cm³/mol. The van der Waals surface area contributed by atoms with Crippen LogP contribution in [-0.2, 0) is 21.1 Å². The molecular formula is C24H31N7O4. The van der Waals surface area contributed by atoms with Crippen LogP contribution in [0.5, 0.6) is 0 Å². The van der Waals surface area contributed by atoms with Crippen molar-refractivity contribution in [2.24, 2.45) is 21.1 Å².